The summed E-state index contributed by atoms with van der Waals surface area (Å²) in [5, 5.41) is 8.18. The molecule has 62 valence electrons. The highest BCUT2D eigenvalue weighted by Crippen LogP contribution is 1.92. The normalized spacial score (nSPS) is 11.6. The summed E-state index contributed by atoms with van der Waals surface area (Å²) in [6, 6.07) is 1.99. The van der Waals surface area contributed by atoms with Gasteiger partial charge in [0.05, 0.1) is 31.5 Å². The van der Waals surface area contributed by atoms with E-state index >= 15 is 0 Å². The van der Waals surface area contributed by atoms with Crippen LogP contribution in [0.15, 0.2) is 12.8 Å². The molecule has 0 radical (unpaired) electrons. The van der Waals surface area contributed by atoms with Gasteiger partial charge in [0, 0.05) is 0 Å². The first-order valence-electron chi connectivity index (χ1n) is 3.52. The van der Waals surface area contributed by atoms with Crippen LogP contribution in [0.5, 0.6) is 0 Å². The van der Waals surface area contributed by atoms with Gasteiger partial charge in [-0.25, -0.2) is 0 Å². The van der Waals surface area contributed by atoms with Crippen molar-refractivity contribution in [2.24, 2.45) is 0 Å². The minimum absolute atomic E-state index is 0.0290. The largest absolute Gasteiger partial charge is 0.499 e. The van der Waals surface area contributed by atoms with Crippen LogP contribution in [-0.2, 0) is 9.47 Å². The van der Waals surface area contributed by atoms with Crippen molar-refractivity contribution in [3.05, 3.63) is 12.8 Å². The van der Waals surface area contributed by atoms with Crippen molar-refractivity contribution >= 4 is 0 Å². The second kappa shape index (κ2) is 7.10. The number of nitriles is 1. The van der Waals surface area contributed by atoms with Crippen molar-refractivity contribution in [1.29, 1.82) is 5.26 Å². The van der Waals surface area contributed by atoms with Crippen molar-refractivity contribution in [1.82, 2.24) is 0 Å². The molecular weight excluding hydrogens is 142 g/mol. The van der Waals surface area contributed by atoms with Gasteiger partial charge in [0.1, 0.15) is 6.61 Å². The fourth-order valence-corrected chi connectivity index (χ4v) is 0.557. The predicted molar refractivity (Wildman–Crippen MR) is 41.8 cm³/mol. The molecule has 3 nitrogen and oxygen atoms in total. The second-order valence-corrected chi connectivity index (χ2v) is 2.09. The Morgan fingerprint density at radius 2 is 2.45 bits per heavy atom. The van der Waals surface area contributed by atoms with E-state index in [1.807, 2.05) is 13.0 Å². The average molecular weight is 155 g/mol. The smallest absolute Gasteiger partial charge is 0.113 e. The van der Waals surface area contributed by atoms with Gasteiger partial charge in [-0.05, 0) is 6.92 Å². The maximum Gasteiger partial charge on any atom is 0.113 e. The molecule has 1 atom stereocenters. The minimum atomic E-state index is 0.0290. The predicted octanol–water partition coefficient (Wildman–Crippen LogP) is 1.47. The van der Waals surface area contributed by atoms with Crippen molar-refractivity contribution in [2.75, 3.05) is 13.2 Å². The summed E-state index contributed by atoms with van der Waals surface area (Å²) in [5.74, 6) is 0. The molecule has 0 aromatic carbocycles. The standard InChI is InChI=1S/C8H13NO2/c1-3-10-7-8(2)11-6-4-5-9/h3,8H,1,4,6-7H2,2H3. The molecule has 0 aliphatic heterocycles. The maximum absolute atomic E-state index is 8.18. The monoisotopic (exact) mass is 155 g/mol. The lowest BCUT2D eigenvalue weighted by atomic mass is 10.4. The van der Waals surface area contributed by atoms with Crippen molar-refractivity contribution < 1.29 is 9.47 Å². The lowest BCUT2D eigenvalue weighted by Gasteiger charge is -2.10. The zero-order valence-electron chi connectivity index (χ0n) is 6.75. The minimum Gasteiger partial charge on any atom is -0.499 e. The van der Waals surface area contributed by atoms with E-state index in [-0.39, 0.29) is 6.10 Å². The molecule has 0 spiro atoms. The first kappa shape index (κ1) is 9.99. The Hall–Kier alpha value is -1.01. The van der Waals surface area contributed by atoms with Crippen LogP contribution in [0.3, 0.4) is 0 Å². The molecule has 0 aliphatic carbocycles. The van der Waals surface area contributed by atoms with E-state index in [0.717, 1.165) is 0 Å². The molecule has 0 aromatic heterocycles. The van der Waals surface area contributed by atoms with Crippen LogP contribution in [0.25, 0.3) is 0 Å². The quantitative estimate of drug-likeness (QED) is 0.431. The van der Waals surface area contributed by atoms with Gasteiger partial charge in [-0.15, -0.1) is 0 Å². The molecule has 0 fully saturated rings. The van der Waals surface area contributed by atoms with Gasteiger partial charge < -0.3 is 9.47 Å². The third kappa shape index (κ3) is 6.88. The Morgan fingerprint density at radius 1 is 1.73 bits per heavy atom. The van der Waals surface area contributed by atoms with Crippen LogP contribution in [0, 0.1) is 11.3 Å². The van der Waals surface area contributed by atoms with Gasteiger partial charge in [0.2, 0.25) is 0 Å². The van der Waals surface area contributed by atoms with Crippen LogP contribution < -0.4 is 0 Å². The number of rotatable bonds is 6. The second-order valence-electron chi connectivity index (χ2n) is 2.09. The van der Waals surface area contributed by atoms with E-state index < -0.39 is 0 Å². The Morgan fingerprint density at radius 3 is 3.00 bits per heavy atom. The Bertz CT molecular complexity index is 140. The van der Waals surface area contributed by atoms with Gasteiger partial charge in [-0.3, -0.25) is 0 Å². The molecule has 0 aromatic rings. The molecule has 0 saturated heterocycles. The number of nitrogens with zero attached hydrogens (tertiary/aromatic N) is 1. The third-order valence-electron chi connectivity index (χ3n) is 1.07. The van der Waals surface area contributed by atoms with E-state index in [4.69, 9.17) is 14.7 Å². The Labute approximate surface area is 67.2 Å². The van der Waals surface area contributed by atoms with Gasteiger partial charge in [0.15, 0.2) is 0 Å². The third-order valence-corrected chi connectivity index (χ3v) is 1.07. The lowest BCUT2D eigenvalue weighted by Crippen LogP contribution is -2.14. The van der Waals surface area contributed by atoms with Crippen molar-refractivity contribution in [2.45, 2.75) is 19.4 Å². The molecule has 0 N–H and O–H groups in total. The summed E-state index contributed by atoms with van der Waals surface area (Å²) in [6.45, 7) is 6.25. The Kier molecular flexibility index (Phi) is 6.45. The molecule has 0 saturated carbocycles. The molecule has 0 amide bonds. The van der Waals surface area contributed by atoms with Crippen LogP contribution in [0.1, 0.15) is 13.3 Å². The average Bonchev–Trinajstić information content (AvgIpc) is 2.01. The fourth-order valence-electron chi connectivity index (χ4n) is 0.557. The molecule has 0 bridgehead atoms. The zero-order chi connectivity index (χ0) is 8.53. The van der Waals surface area contributed by atoms with Crippen LogP contribution in [0.4, 0.5) is 0 Å². The van der Waals surface area contributed by atoms with E-state index in [2.05, 4.69) is 6.58 Å². The van der Waals surface area contributed by atoms with Gasteiger partial charge in [-0.2, -0.15) is 5.26 Å². The number of hydrogen-bond acceptors (Lipinski definition) is 3. The molecular formula is C8H13NO2. The SMILES string of the molecule is C=COCC(C)OCCC#N. The van der Waals surface area contributed by atoms with E-state index in [0.29, 0.717) is 19.6 Å². The van der Waals surface area contributed by atoms with E-state index in [1.54, 1.807) is 0 Å². The summed E-state index contributed by atoms with van der Waals surface area (Å²) in [6.07, 6.45) is 1.84. The molecule has 11 heavy (non-hydrogen) atoms. The highest BCUT2D eigenvalue weighted by atomic mass is 16.5. The summed E-state index contributed by atoms with van der Waals surface area (Å²) in [4.78, 5) is 0. The van der Waals surface area contributed by atoms with E-state index in [1.165, 1.54) is 6.26 Å². The summed E-state index contributed by atoms with van der Waals surface area (Å²) < 4.78 is 10.1. The highest BCUT2D eigenvalue weighted by Gasteiger charge is 1.99. The van der Waals surface area contributed by atoms with Crippen molar-refractivity contribution in [3.8, 4) is 6.07 Å². The lowest BCUT2D eigenvalue weighted by molar-refractivity contribution is 0.0229. The molecule has 0 aliphatic rings. The zero-order valence-corrected chi connectivity index (χ0v) is 6.75. The van der Waals surface area contributed by atoms with Crippen molar-refractivity contribution in [3.63, 3.8) is 0 Å². The molecule has 0 rings (SSSR count). The molecule has 0 heterocycles. The van der Waals surface area contributed by atoms with E-state index in [9.17, 15) is 0 Å². The first-order valence-corrected chi connectivity index (χ1v) is 3.52. The first-order chi connectivity index (χ1) is 5.31. The molecule has 1 unspecified atom stereocenters. The summed E-state index contributed by atoms with van der Waals surface area (Å²) >= 11 is 0. The summed E-state index contributed by atoms with van der Waals surface area (Å²) in [7, 11) is 0. The Balaban J connectivity index is 3.16. The van der Waals surface area contributed by atoms with Gasteiger partial charge >= 0.3 is 0 Å². The number of ether oxygens (including phenoxy) is 2. The van der Waals surface area contributed by atoms with Gasteiger partial charge in [0.25, 0.3) is 0 Å². The van der Waals surface area contributed by atoms with Crippen LogP contribution in [0.2, 0.25) is 0 Å². The van der Waals surface area contributed by atoms with Crippen LogP contribution >= 0.6 is 0 Å². The maximum atomic E-state index is 8.18. The highest BCUT2D eigenvalue weighted by molar-refractivity contribution is 4.67. The fraction of sp³-hybridized carbons (Fsp3) is 0.625. The number of hydrogen-bond donors (Lipinski definition) is 0. The topological polar surface area (TPSA) is 42.2 Å². The molecule has 3 heteroatoms. The summed E-state index contributed by atoms with van der Waals surface area (Å²) in [5.41, 5.74) is 0. The van der Waals surface area contributed by atoms with Gasteiger partial charge in [-0.1, -0.05) is 6.58 Å². The van der Waals surface area contributed by atoms with Crippen LogP contribution in [-0.4, -0.2) is 19.3 Å².